The summed E-state index contributed by atoms with van der Waals surface area (Å²) in [4.78, 5) is 15.1. The average molecular weight is 458 g/mol. The Morgan fingerprint density at radius 1 is 0.969 bits per heavy atom. The number of benzene rings is 2. The largest absolute Gasteiger partial charge is 0.368 e. The summed E-state index contributed by atoms with van der Waals surface area (Å²) in [6.07, 6.45) is 0. The summed E-state index contributed by atoms with van der Waals surface area (Å²) in [6.45, 7) is 3.55. The van der Waals surface area contributed by atoms with Gasteiger partial charge >= 0.3 is 0 Å². The Morgan fingerprint density at radius 3 is 2.28 bits per heavy atom. The predicted octanol–water partition coefficient (Wildman–Crippen LogP) is 2.40. The molecule has 0 bridgehead atoms. The summed E-state index contributed by atoms with van der Waals surface area (Å²) < 4.78 is 40.2. The van der Waals surface area contributed by atoms with Crippen LogP contribution in [-0.2, 0) is 10.0 Å². The molecule has 32 heavy (non-hydrogen) atoms. The number of hydrogen-bond donors (Lipinski definition) is 2. The lowest BCUT2D eigenvalue weighted by molar-refractivity contribution is 0.141. The maximum absolute atomic E-state index is 13.2. The molecular weight excluding hydrogens is 433 g/mol. The zero-order valence-electron chi connectivity index (χ0n) is 17.5. The number of halogens is 1. The van der Waals surface area contributed by atoms with Gasteiger partial charge in [0.1, 0.15) is 5.82 Å². The molecule has 1 saturated heterocycles. The van der Waals surface area contributed by atoms with Crippen LogP contribution in [0.3, 0.4) is 0 Å². The van der Waals surface area contributed by atoms with E-state index in [1.165, 1.54) is 16.4 Å². The first-order valence-electron chi connectivity index (χ1n) is 10.2. The Labute approximate surface area is 186 Å². The molecule has 11 heteroatoms. The zero-order valence-corrected chi connectivity index (χ0v) is 18.3. The van der Waals surface area contributed by atoms with Crippen LogP contribution >= 0.6 is 0 Å². The van der Waals surface area contributed by atoms with E-state index >= 15 is 0 Å². The molecule has 1 aliphatic rings. The van der Waals surface area contributed by atoms with Gasteiger partial charge in [-0.25, -0.2) is 12.8 Å². The van der Waals surface area contributed by atoms with Gasteiger partial charge in [-0.05, 0) is 43.3 Å². The highest BCUT2D eigenvalue weighted by atomic mass is 32.2. The fourth-order valence-corrected chi connectivity index (χ4v) is 4.98. The summed E-state index contributed by atoms with van der Waals surface area (Å²) in [6, 6.07) is 14.2. The van der Waals surface area contributed by atoms with Gasteiger partial charge in [-0.3, -0.25) is 4.90 Å². The summed E-state index contributed by atoms with van der Waals surface area (Å²) in [7, 11) is -3.67. The molecule has 0 amide bonds. The molecular formula is C21H24FN7O2S. The lowest BCUT2D eigenvalue weighted by Gasteiger charge is -2.36. The van der Waals surface area contributed by atoms with E-state index in [1.807, 2.05) is 37.3 Å². The van der Waals surface area contributed by atoms with Gasteiger partial charge in [0, 0.05) is 31.9 Å². The number of hydrogen-bond acceptors (Lipinski definition) is 8. The minimum atomic E-state index is -3.67. The molecule has 2 heterocycles. The zero-order chi connectivity index (χ0) is 22.7. The predicted molar refractivity (Wildman–Crippen MR) is 119 cm³/mol. The van der Waals surface area contributed by atoms with E-state index in [4.69, 9.17) is 5.73 Å². The molecule has 9 nitrogen and oxygen atoms in total. The van der Waals surface area contributed by atoms with Crippen molar-refractivity contribution in [3.05, 3.63) is 66.2 Å². The number of aromatic nitrogens is 3. The van der Waals surface area contributed by atoms with Gasteiger partial charge < -0.3 is 11.1 Å². The summed E-state index contributed by atoms with van der Waals surface area (Å²) in [5.74, 6) is 0.493. The monoisotopic (exact) mass is 457 g/mol. The van der Waals surface area contributed by atoms with E-state index in [9.17, 15) is 12.8 Å². The van der Waals surface area contributed by atoms with Gasteiger partial charge in [0.25, 0.3) is 0 Å². The average Bonchev–Trinajstić information content (AvgIpc) is 2.79. The molecule has 3 aromatic rings. The Bertz CT molecular complexity index is 1170. The van der Waals surface area contributed by atoms with Gasteiger partial charge in [0.2, 0.25) is 21.9 Å². The fraction of sp³-hybridized carbons (Fsp3) is 0.286. The van der Waals surface area contributed by atoms with Crippen molar-refractivity contribution >= 4 is 27.6 Å². The lowest BCUT2D eigenvalue weighted by atomic mass is 10.2. The number of sulfonamides is 1. The maximum atomic E-state index is 13.2. The van der Waals surface area contributed by atoms with Crippen LogP contribution in [0.2, 0.25) is 0 Å². The van der Waals surface area contributed by atoms with E-state index in [0.717, 1.165) is 17.8 Å². The van der Waals surface area contributed by atoms with E-state index in [2.05, 4.69) is 25.2 Å². The van der Waals surface area contributed by atoms with Crippen molar-refractivity contribution < 1.29 is 12.8 Å². The molecule has 2 aromatic carbocycles. The maximum Gasteiger partial charge on any atom is 0.243 e. The number of anilines is 3. The molecule has 168 valence electrons. The SMILES string of the molecule is CC(c1nc(N)nc(Nc2ccccc2)n1)N1CCN(S(=O)(=O)c2ccc(F)cc2)CC1. The van der Waals surface area contributed by atoms with Crippen molar-refractivity contribution in [3.8, 4) is 0 Å². The number of nitrogens with one attached hydrogen (secondary N) is 1. The van der Waals surface area contributed by atoms with Gasteiger partial charge in [0.15, 0.2) is 5.82 Å². The van der Waals surface area contributed by atoms with E-state index in [1.54, 1.807) is 0 Å². The highest BCUT2D eigenvalue weighted by Gasteiger charge is 2.31. The number of nitrogens with two attached hydrogens (primary N) is 1. The van der Waals surface area contributed by atoms with E-state index in [-0.39, 0.29) is 16.9 Å². The molecule has 1 fully saturated rings. The second kappa shape index (κ2) is 9.15. The first-order chi connectivity index (χ1) is 15.3. The Hall–Kier alpha value is -3.15. The topological polar surface area (TPSA) is 117 Å². The second-order valence-electron chi connectivity index (χ2n) is 7.44. The molecule has 0 aliphatic carbocycles. The molecule has 4 rings (SSSR count). The van der Waals surface area contributed by atoms with Crippen molar-refractivity contribution in [2.75, 3.05) is 37.2 Å². The molecule has 0 saturated carbocycles. The number of nitrogens with zero attached hydrogens (tertiary/aromatic N) is 5. The van der Waals surface area contributed by atoms with Crippen LogP contribution in [0.4, 0.5) is 22.0 Å². The summed E-state index contributed by atoms with van der Waals surface area (Å²) in [5, 5.41) is 3.12. The van der Waals surface area contributed by atoms with Crippen LogP contribution in [0.5, 0.6) is 0 Å². The van der Waals surface area contributed by atoms with Crippen molar-refractivity contribution in [1.29, 1.82) is 0 Å². The van der Waals surface area contributed by atoms with Gasteiger partial charge in [-0.2, -0.15) is 19.3 Å². The highest BCUT2D eigenvalue weighted by Crippen LogP contribution is 2.24. The van der Waals surface area contributed by atoms with Crippen LogP contribution in [0.15, 0.2) is 59.5 Å². The van der Waals surface area contributed by atoms with Crippen LogP contribution in [0, 0.1) is 5.82 Å². The highest BCUT2D eigenvalue weighted by molar-refractivity contribution is 7.89. The standard InChI is InChI=1S/C21H24FN7O2S/c1-15(19-25-20(23)27-21(26-19)24-17-5-3-2-4-6-17)28-11-13-29(14-12-28)32(30,31)18-9-7-16(22)8-10-18/h2-10,15H,11-14H2,1H3,(H3,23,24,25,26,27). The molecule has 1 aromatic heterocycles. The van der Waals surface area contributed by atoms with Crippen molar-refractivity contribution in [2.45, 2.75) is 17.9 Å². The third-order valence-corrected chi connectivity index (χ3v) is 7.26. The van der Waals surface area contributed by atoms with Crippen LogP contribution in [0.1, 0.15) is 18.8 Å². The van der Waals surface area contributed by atoms with Crippen molar-refractivity contribution in [3.63, 3.8) is 0 Å². The van der Waals surface area contributed by atoms with Crippen molar-refractivity contribution in [2.24, 2.45) is 0 Å². The number of para-hydroxylation sites is 1. The molecule has 3 N–H and O–H groups in total. The Balaban J connectivity index is 1.44. The number of nitrogen functional groups attached to an aromatic ring is 1. The third-order valence-electron chi connectivity index (χ3n) is 5.35. The lowest BCUT2D eigenvalue weighted by Crippen LogP contribution is -2.49. The van der Waals surface area contributed by atoms with Gasteiger partial charge in [-0.1, -0.05) is 18.2 Å². The Morgan fingerprint density at radius 2 is 1.62 bits per heavy atom. The smallest absolute Gasteiger partial charge is 0.243 e. The normalized spacial score (nSPS) is 16.6. The minimum Gasteiger partial charge on any atom is -0.368 e. The van der Waals surface area contributed by atoms with Gasteiger partial charge in [0.05, 0.1) is 10.9 Å². The van der Waals surface area contributed by atoms with Crippen molar-refractivity contribution in [1.82, 2.24) is 24.2 Å². The fourth-order valence-electron chi connectivity index (χ4n) is 3.55. The second-order valence-corrected chi connectivity index (χ2v) is 9.37. The molecule has 1 unspecified atom stereocenters. The summed E-state index contributed by atoms with van der Waals surface area (Å²) in [5.41, 5.74) is 6.73. The van der Waals surface area contributed by atoms with Crippen LogP contribution in [-0.4, -0.2) is 58.8 Å². The first-order valence-corrected chi connectivity index (χ1v) is 11.6. The van der Waals surface area contributed by atoms with Crippen LogP contribution in [0.25, 0.3) is 0 Å². The van der Waals surface area contributed by atoms with E-state index in [0.29, 0.717) is 38.0 Å². The van der Waals surface area contributed by atoms with E-state index < -0.39 is 15.8 Å². The minimum absolute atomic E-state index is 0.0854. The molecule has 0 radical (unpaired) electrons. The van der Waals surface area contributed by atoms with Crippen LogP contribution < -0.4 is 11.1 Å². The quantitative estimate of drug-likeness (QED) is 0.580. The Kier molecular flexibility index (Phi) is 6.31. The third kappa shape index (κ3) is 4.85. The number of rotatable bonds is 6. The summed E-state index contributed by atoms with van der Waals surface area (Å²) >= 11 is 0. The molecule has 1 atom stereocenters. The van der Waals surface area contributed by atoms with Gasteiger partial charge in [-0.15, -0.1) is 0 Å². The first kappa shape index (κ1) is 22.1. The number of piperazine rings is 1. The molecule has 1 aliphatic heterocycles. The molecule has 0 spiro atoms.